The number of likely N-dealkylation sites (tertiary alicyclic amines) is 1. The van der Waals surface area contributed by atoms with E-state index < -0.39 is 0 Å². The minimum absolute atomic E-state index is 0.0200. The van der Waals surface area contributed by atoms with E-state index in [2.05, 4.69) is 19.2 Å². The number of para-hydroxylation sites is 1. The number of carbonyl (C=O) groups excluding carboxylic acids is 3. The van der Waals surface area contributed by atoms with Crippen molar-refractivity contribution in [1.82, 2.24) is 9.80 Å². The average Bonchev–Trinajstić information content (AvgIpc) is 2.98. The van der Waals surface area contributed by atoms with Crippen LogP contribution in [0.5, 0.6) is 0 Å². The van der Waals surface area contributed by atoms with E-state index in [1.807, 2.05) is 4.90 Å². The van der Waals surface area contributed by atoms with Crippen LogP contribution in [-0.2, 0) is 9.59 Å². The molecule has 7 heteroatoms. The lowest BCUT2D eigenvalue weighted by Gasteiger charge is -2.35. The second-order valence-electron chi connectivity index (χ2n) is 7.32. The van der Waals surface area contributed by atoms with Gasteiger partial charge in [-0.25, -0.2) is 0 Å². The smallest absolute Gasteiger partial charge is 0.255 e. The van der Waals surface area contributed by atoms with Gasteiger partial charge >= 0.3 is 0 Å². The summed E-state index contributed by atoms with van der Waals surface area (Å²) in [4.78, 5) is 40.4. The summed E-state index contributed by atoms with van der Waals surface area (Å²) < 4.78 is 0. The van der Waals surface area contributed by atoms with Gasteiger partial charge in [-0.05, 0) is 30.4 Å². The predicted molar refractivity (Wildman–Crippen MR) is 103 cm³/mol. The Morgan fingerprint density at radius 3 is 2.54 bits per heavy atom. The molecule has 2 aliphatic rings. The SMILES string of the molecule is C[C@@H]1C[C@@H](C)CN(C(=O)c2ccccc2NC(=O)CN2CSCC2=O)C1. The molecule has 0 unspecified atom stereocenters. The van der Waals surface area contributed by atoms with E-state index in [0.717, 1.165) is 19.5 Å². The van der Waals surface area contributed by atoms with Gasteiger partial charge < -0.3 is 15.1 Å². The first-order chi connectivity index (χ1) is 12.4. The molecule has 2 fully saturated rings. The van der Waals surface area contributed by atoms with Crippen LogP contribution in [-0.4, -0.2) is 58.8 Å². The highest BCUT2D eigenvalue weighted by atomic mass is 32.2. The average molecular weight is 375 g/mol. The molecule has 2 atom stereocenters. The van der Waals surface area contributed by atoms with Gasteiger partial charge in [0.2, 0.25) is 11.8 Å². The van der Waals surface area contributed by atoms with Crippen LogP contribution in [0, 0.1) is 11.8 Å². The number of carbonyl (C=O) groups is 3. The molecule has 6 nitrogen and oxygen atoms in total. The molecule has 1 aromatic rings. The van der Waals surface area contributed by atoms with Crippen molar-refractivity contribution in [3.63, 3.8) is 0 Å². The number of amides is 3. The summed E-state index contributed by atoms with van der Waals surface area (Å²) in [5, 5.41) is 2.81. The molecular weight excluding hydrogens is 350 g/mol. The van der Waals surface area contributed by atoms with Crippen LogP contribution in [0.3, 0.4) is 0 Å². The summed E-state index contributed by atoms with van der Waals surface area (Å²) in [6.07, 6.45) is 1.13. The number of benzene rings is 1. The fraction of sp³-hybridized carbons (Fsp3) is 0.526. The maximum atomic E-state index is 13.0. The first kappa shape index (κ1) is 18.8. The predicted octanol–water partition coefficient (Wildman–Crippen LogP) is 2.28. The third-order valence-corrected chi connectivity index (χ3v) is 5.69. The Kier molecular flexibility index (Phi) is 5.86. The Bertz CT molecular complexity index is 699. The fourth-order valence-corrected chi connectivity index (χ4v) is 4.59. The van der Waals surface area contributed by atoms with Crippen molar-refractivity contribution in [1.29, 1.82) is 0 Å². The number of anilines is 1. The zero-order chi connectivity index (χ0) is 18.7. The van der Waals surface area contributed by atoms with Gasteiger partial charge in [-0.15, -0.1) is 11.8 Å². The summed E-state index contributed by atoms with van der Waals surface area (Å²) in [5.74, 6) is 1.56. The maximum Gasteiger partial charge on any atom is 0.255 e. The zero-order valence-corrected chi connectivity index (χ0v) is 16.1. The topological polar surface area (TPSA) is 69.7 Å². The second-order valence-corrected chi connectivity index (χ2v) is 8.27. The molecule has 2 saturated heterocycles. The number of rotatable bonds is 4. The number of hydrogen-bond donors (Lipinski definition) is 1. The van der Waals surface area contributed by atoms with Crippen molar-refractivity contribution in [3.05, 3.63) is 29.8 Å². The molecule has 26 heavy (non-hydrogen) atoms. The van der Waals surface area contributed by atoms with Crippen molar-refractivity contribution in [2.24, 2.45) is 11.8 Å². The zero-order valence-electron chi connectivity index (χ0n) is 15.2. The molecule has 0 aliphatic carbocycles. The lowest BCUT2D eigenvalue weighted by atomic mass is 9.91. The van der Waals surface area contributed by atoms with Gasteiger partial charge in [-0.2, -0.15) is 0 Å². The molecule has 0 radical (unpaired) electrons. The van der Waals surface area contributed by atoms with Crippen molar-refractivity contribution in [2.75, 3.05) is 36.6 Å². The molecule has 0 saturated carbocycles. The molecule has 3 amide bonds. The van der Waals surface area contributed by atoms with Gasteiger partial charge in [0.15, 0.2) is 0 Å². The molecule has 1 N–H and O–H groups in total. The third-order valence-electron chi connectivity index (χ3n) is 4.75. The van der Waals surface area contributed by atoms with E-state index in [9.17, 15) is 14.4 Å². The van der Waals surface area contributed by atoms with Gasteiger partial charge in [0.25, 0.3) is 5.91 Å². The highest BCUT2D eigenvalue weighted by molar-refractivity contribution is 8.00. The summed E-state index contributed by atoms with van der Waals surface area (Å²) in [5.41, 5.74) is 1.01. The first-order valence-corrected chi connectivity index (χ1v) is 10.1. The minimum Gasteiger partial charge on any atom is -0.338 e. The lowest BCUT2D eigenvalue weighted by molar-refractivity contribution is -0.130. The molecule has 2 heterocycles. The fourth-order valence-electron chi connectivity index (χ4n) is 3.68. The molecular formula is C19H25N3O3S. The molecule has 0 spiro atoms. The van der Waals surface area contributed by atoms with Crippen LogP contribution in [0.4, 0.5) is 5.69 Å². The minimum atomic E-state index is -0.276. The van der Waals surface area contributed by atoms with E-state index in [1.165, 1.54) is 16.7 Å². The number of nitrogens with zero attached hydrogens (tertiary/aromatic N) is 2. The quantitative estimate of drug-likeness (QED) is 0.877. The van der Waals surface area contributed by atoms with Crippen molar-refractivity contribution >= 4 is 35.2 Å². The molecule has 1 aromatic carbocycles. The summed E-state index contributed by atoms with van der Waals surface area (Å²) >= 11 is 1.50. The van der Waals surface area contributed by atoms with Gasteiger partial charge in [-0.1, -0.05) is 26.0 Å². The largest absolute Gasteiger partial charge is 0.338 e. The molecule has 2 aliphatic heterocycles. The molecule has 0 bridgehead atoms. The van der Waals surface area contributed by atoms with Crippen LogP contribution in [0.25, 0.3) is 0 Å². The second kappa shape index (κ2) is 8.12. The number of piperidine rings is 1. The molecule has 140 valence electrons. The van der Waals surface area contributed by atoms with Gasteiger partial charge in [-0.3, -0.25) is 14.4 Å². The Balaban J connectivity index is 1.70. The third kappa shape index (κ3) is 4.38. The molecule has 3 rings (SSSR count). The molecule has 0 aromatic heterocycles. The van der Waals surface area contributed by atoms with Gasteiger partial charge in [0.1, 0.15) is 6.54 Å². The normalized spacial score (nSPS) is 23.2. The summed E-state index contributed by atoms with van der Waals surface area (Å²) in [6, 6.07) is 7.09. The van der Waals surface area contributed by atoms with Crippen molar-refractivity contribution in [3.8, 4) is 0 Å². The highest BCUT2D eigenvalue weighted by Crippen LogP contribution is 2.25. The Labute approximate surface area is 158 Å². The number of nitrogens with one attached hydrogen (secondary N) is 1. The van der Waals surface area contributed by atoms with Crippen molar-refractivity contribution < 1.29 is 14.4 Å². The van der Waals surface area contributed by atoms with Gasteiger partial charge in [0.05, 0.1) is 22.9 Å². The Morgan fingerprint density at radius 1 is 1.19 bits per heavy atom. The van der Waals surface area contributed by atoms with Crippen LogP contribution < -0.4 is 5.32 Å². The summed E-state index contributed by atoms with van der Waals surface area (Å²) in [7, 11) is 0. The van der Waals surface area contributed by atoms with Crippen LogP contribution in [0.2, 0.25) is 0 Å². The van der Waals surface area contributed by atoms with E-state index in [-0.39, 0.29) is 24.3 Å². The van der Waals surface area contributed by atoms with Crippen LogP contribution in [0.15, 0.2) is 24.3 Å². The van der Waals surface area contributed by atoms with Crippen LogP contribution in [0.1, 0.15) is 30.6 Å². The Morgan fingerprint density at radius 2 is 1.88 bits per heavy atom. The van der Waals surface area contributed by atoms with E-state index in [4.69, 9.17) is 0 Å². The van der Waals surface area contributed by atoms with Crippen LogP contribution >= 0.6 is 11.8 Å². The maximum absolute atomic E-state index is 13.0. The van der Waals surface area contributed by atoms with E-state index >= 15 is 0 Å². The number of thioether (sulfide) groups is 1. The van der Waals surface area contributed by atoms with E-state index in [1.54, 1.807) is 24.3 Å². The van der Waals surface area contributed by atoms with Gasteiger partial charge in [0, 0.05) is 13.1 Å². The standard InChI is InChI=1S/C19H25N3O3S/c1-13-7-14(2)9-21(8-13)19(25)15-5-3-4-6-16(15)20-17(23)10-22-12-26-11-18(22)24/h3-6,13-14H,7-12H2,1-2H3,(H,20,23)/t13-,14-/m1/s1. The Hall–Kier alpha value is -2.02. The lowest BCUT2D eigenvalue weighted by Crippen LogP contribution is -2.43. The van der Waals surface area contributed by atoms with Crippen molar-refractivity contribution in [2.45, 2.75) is 20.3 Å². The van der Waals surface area contributed by atoms with E-state index in [0.29, 0.717) is 34.7 Å². The summed E-state index contributed by atoms with van der Waals surface area (Å²) in [6.45, 7) is 5.82. The highest BCUT2D eigenvalue weighted by Gasteiger charge is 2.28. The monoisotopic (exact) mass is 375 g/mol. The number of hydrogen-bond acceptors (Lipinski definition) is 4. The first-order valence-electron chi connectivity index (χ1n) is 8.97.